The van der Waals surface area contributed by atoms with Gasteiger partial charge in [0.2, 0.25) is 0 Å². The summed E-state index contributed by atoms with van der Waals surface area (Å²) < 4.78 is 11.4. The molecular formula is C12H18BCl2NO2. The van der Waals surface area contributed by atoms with Gasteiger partial charge in [-0.15, -0.1) is 0 Å². The standard InChI is InChI=1S/C12H18BCl2NO2/c1-11(2,17-5)12(3,4)18-13-8-6-9(14)16-10(15)7-8/h6-7,13H,1-5H3. The first kappa shape index (κ1) is 15.8. The largest absolute Gasteiger partial charge is 0.427 e. The van der Waals surface area contributed by atoms with Gasteiger partial charge in [0.05, 0.1) is 11.2 Å². The Hall–Kier alpha value is -0.285. The van der Waals surface area contributed by atoms with Gasteiger partial charge in [0.25, 0.3) is 0 Å². The van der Waals surface area contributed by atoms with E-state index in [0.29, 0.717) is 17.8 Å². The van der Waals surface area contributed by atoms with E-state index in [9.17, 15) is 0 Å². The number of hydrogen-bond acceptors (Lipinski definition) is 3. The van der Waals surface area contributed by atoms with E-state index in [1.165, 1.54) is 0 Å². The number of methoxy groups -OCH3 is 1. The van der Waals surface area contributed by atoms with E-state index >= 15 is 0 Å². The second-order valence-corrected chi connectivity index (χ2v) is 5.91. The molecule has 1 aromatic heterocycles. The summed E-state index contributed by atoms with van der Waals surface area (Å²) in [6.45, 7) is 7.95. The van der Waals surface area contributed by atoms with Crippen molar-refractivity contribution in [3.8, 4) is 0 Å². The van der Waals surface area contributed by atoms with Crippen LogP contribution in [0.4, 0.5) is 0 Å². The number of aromatic nitrogens is 1. The molecule has 1 heterocycles. The summed E-state index contributed by atoms with van der Waals surface area (Å²) in [5, 5.41) is 0.731. The fourth-order valence-electron chi connectivity index (χ4n) is 1.28. The molecule has 0 amide bonds. The lowest BCUT2D eigenvalue weighted by Gasteiger charge is -2.40. The highest BCUT2D eigenvalue weighted by atomic mass is 35.5. The Morgan fingerprint density at radius 1 is 1.06 bits per heavy atom. The lowest BCUT2D eigenvalue weighted by atomic mass is 9.83. The maximum Gasteiger partial charge on any atom is 0.309 e. The molecule has 6 heteroatoms. The third-order valence-corrected chi connectivity index (χ3v) is 3.77. The number of hydrogen-bond donors (Lipinski definition) is 0. The van der Waals surface area contributed by atoms with Crippen molar-refractivity contribution < 1.29 is 9.39 Å². The molecule has 18 heavy (non-hydrogen) atoms. The first-order valence-corrected chi connectivity index (χ1v) is 6.44. The maximum atomic E-state index is 5.91. The molecule has 1 rings (SSSR count). The van der Waals surface area contributed by atoms with E-state index < -0.39 is 11.2 Å². The van der Waals surface area contributed by atoms with Gasteiger partial charge in [0.15, 0.2) is 0 Å². The van der Waals surface area contributed by atoms with Crippen LogP contribution in [0.1, 0.15) is 27.7 Å². The SMILES string of the molecule is COC(C)(C)C(C)(C)OBc1cc(Cl)nc(Cl)c1. The fraction of sp³-hybridized carbons (Fsp3) is 0.583. The van der Waals surface area contributed by atoms with E-state index in [0.717, 1.165) is 5.46 Å². The highest BCUT2D eigenvalue weighted by Crippen LogP contribution is 2.27. The van der Waals surface area contributed by atoms with Crippen LogP contribution in [0, 0.1) is 0 Å². The van der Waals surface area contributed by atoms with Gasteiger partial charge in [0.1, 0.15) is 10.3 Å². The van der Waals surface area contributed by atoms with Crippen LogP contribution in [0.3, 0.4) is 0 Å². The predicted molar refractivity (Wildman–Crippen MR) is 77.3 cm³/mol. The predicted octanol–water partition coefficient (Wildman–Crippen LogP) is 2.59. The van der Waals surface area contributed by atoms with Crippen LogP contribution in [0.2, 0.25) is 10.3 Å². The molecule has 0 atom stereocenters. The minimum absolute atomic E-state index is 0.366. The third kappa shape index (κ3) is 3.85. The van der Waals surface area contributed by atoms with Crippen LogP contribution in [-0.4, -0.2) is 30.8 Å². The molecule has 0 bridgehead atoms. The Labute approximate surface area is 119 Å². The molecule has 0 aliphatic heterocycles. The number of ether oxygens (including phenoxy) is 1. The Bertz CT molecular complexity index is 404. The average molecular weight is 290 g/mol. The summed E-state index contributed by atoms with van der Waals surface area (Å²) in [4.78, 5) is 3.89. The second-order valence-electron chi connectivity index (χ2n) is 5.13. The minimum atomic E-state index is -0.441. The number of pyridine rings is 1. The van der Waals surface area contributed by atoms with Crippen molar-refractivity contribution in [1.82, 2.24) is 4.98 Å². The summed E-state index contributed by atoms with van der Waals surface area (Å²) in [7, 11) is 2.08. The van der Waals surface area contributed by atoms with Gasteiger partial charge in [-0.2, -0.15) is 0 Å². The van der Waals surface area contributed by atoms with Crippen molar-refractivity contribution in [2.45, 2.75) is 38.9 Å². The molecule has 0 radical (unpaired) electrons. The molecule has 0 spiro atoms. The first-order valence-electron chi connectivity index (χ1n) is 5.69. The van der Waals surface area contributed by atoms with Crippen LogP contribution in [0.25, 0.3) is 0 Å². The lowest BCUT2D eigenvalue weighted by Crippen LogP contribution is -2.50. The summed E-state index contributed by atoms with van der Waals surface area (Å²) in [5.74, 6) is 0. The number of rotatable bonds is 5. The van der Waals surface area contributed by atoms with Gasteiger partial charge in [-0.1, -0.05) is 23.2 Å². The van der Waals surface area contributed by atoms with E-state index in [-0.39, 0.29) is 0 Å². The molecule has 0 aromatic carbocycles. The quantitative estimate of drug-likeness (QED) is 0.617. The fourth-order valence-corrected chi connectivity index (χ4v) is 1.79. The summed E-state index contributed by atoms with van der Waals surface area (Å²) >= 11 is 11.7. The van der Waals surface area contributed by atoms with Crippen LogP contribution in [0.15, 0.2) is 12.1 Å². The molecule has 0 aliphatic carbocycles. The molecule has 0 saturated carbocycles. The highest BCUT2D eigenvalue weighted by Gasteiger charge is 2.37. The average Bonchev–Trinajstić information content (AvgIpc) is 2.25. The van der Waals surface area contributed by atoms with Crippen LogP contribution in [-0.2, 0) is 9.39 Å². The second kappa shape index (κ2) is 5.78. The van der Waals surface area contributed by atoms with Crippen LogP contribution < -0.4 is 5.46 Å². The molecular weight excluding hydrogens is 272 g/mol. The maximum absolute atomic E-state index is 5.91. The van der Waals surface area contributed by atoms with Crippen molar-refractivity contribution in [3.63, 3.8) is 0 Å². The molecule has 0 saturated heterocycles. The smallest absolute Gasteiger partial charge is 0.309 e. The monoisotopic (exact) mass is 289 g/mol. The zero-order chi connectivity index (χ0) is 14.0. The summed E-state index contributed by atoms with van der Waals surface area (Å²) in [5.41, 5.74) is 0.0531. The molecule has 100 valence electrons. The minimum Gasteiger partial charge on any atom is -0.427 e. The lowest BCUT2D eigenvalue weighted by molar-refractivity contribution is -0.114. The van der Waals surface area contributed by atoms with Gasteiger partial charge in [-0.05, 0) is 45.3 Å². The Balaban J connectivity index is 2.75. The molecule has 0 fully saturated rings. The molecule has 0 N–H and O–H groups in total. The van der Waals surface area contributed by atoms with Crippen molar-refractivity contribution in [2.24, 2.45) is 0 Å². The Morgan fingerprint density at radius 3 is 2.00 bits per heavy atom. The number of halogens is 2. The van der Waals surface area contributed by atoms with Gasteiger partial charge < -0.3 is 9.39 Å². The van der Waals surface area contributed by atoms with Gasteiger partial charge in [-0.3, -0.25) is 0 Å². The van der Waals surface area contributed by atoms with Crippen LogP contribution >= 0.6 is 23.2 Å². The normalized spacial score (nSPS) is 12.6. The Morgan fingerprint density at radius 2 is 1.56 bits per heavy atom. The third-order valence-electron chi connectivity index (χ3n) is 3.38. The van der Waals surface area contributed by atoms with E-state index in [1.807, 2.05) is 27.7 Å². The van der Waals surface area contributed by atoms with Crippen molar-refractivity contribution in [1.29, 1.82) is 0 Å². The molecule has 3 nitrogen and oxygen atoms in total. The van der Waals surface area contributed by atoms with Crippen molar-refractivity contribution in [3.05, 3.63) is 22.4 Å². The topological polar surface area (TPSA) is 31.4 Å². The van der Waals surface area contributed by atoms with Crippen LogP contribution in [0.5, 0.6) is 0 Å². The van der Waals surface area contributed by atoms with Crippen molar-refractivity contribution >= 4 is 36.1 Å². The molecule has 1 aromatic rings. The van der Waals surface area contributed by atoms with E-state index in [4.69, 9.17) is 32.6 Å². The van der Waals surface area contributed by atoms with E-state index in [1.54, 1.807) is 19.2 Å². The Kier molecular flexibility index (Phi) is 5.07. The molecule has 0 aliphatic rings. The zero-order valence-corrected chi connectivity index (χ0v) is 12.9. The summed E-state index contributed by atoms with van der Waals surface area (Å²) in [6, 6.07) is 3.48. The first-order chi connectivity index (χ1) is 8.18. The van der Waals surface area contributed by atoms with Gasteiger partial charge >= 0.3 is 7.48 Å². The highest BCUT2D eigenvalue weighted by molar-refractivity contribution is 6.48. The van der Waals surface area contributed by atoms with Gasteiger partial charge in [0, 0.05) is 7.11 Å². The zero-order valence-electron chi connectivity index (χ0n) is 11.4. The number of nitrogens with zero attached hydrogens (tertiary/aromatic N) is 1. The molecule has 0 unspecified atom stereocenters. The van der Waals surface area contributed by atoms with Gasteiger partial charge in [-0.25, -0.2) is 4.98 Å². The van der Waals surface area contributed by atoms with E-state index in [2.05, 4.69) is 4.98 Å². The summed E-state index contributed by atoms with van der Waals surface area (Å²) in [6.07, 6.45) is 0. The van der Waals surface area contributed by atoms with Crippen molar-refractivity contribution in [2.75, 3.05) is 7.11 Å².